The van der Waals surface area contributed by atoms with E-state index in [-0.39, 0.29) is 11.9 Å². The quantitative estimate of drug-likeness (QED) is 0.797. The number of fused-ring (bicyclic) bond motifs is 1. The van der Waals surface area contributed by atoms with E-state index in [1.807, 2.05) is 36.4 Å². The molecule has 0 aliphatic carbocycles. The maximum Gasteiger partial charge on any atom is 0.264 e. The summed E-state index contributed by atoms with van der Waals surface area (Å²) in [6, 6.07) is 14.3. The molecule has 0 saturated carbocycles. The second-order valence-electron chi connectivity index (χ2n) is 5.28. The van der Waals surface area contributed by atoms with Crippen molar-refractivity contribution in [3.05, 3.63) is 59.9 Å². The molecule has 2 heterocycles. The van der Waals surface area contributed by atoms with Gasteiger partial charge < -0.3 is 14.6 Å². The minimum Gasteiger partial charge on any atom is -0.490 e. The predicted molar refractivity (Wildman–Crippen MR) is 82.6 cm³/mol. The third kappa shape index (κ3) is 2.63. The van der Waals surface area contributed by atoms with Gasteiger partial charge in [-0.2, -0.15) is 4.98 Å². The van der Waals surface area contributed by atoms with Crippen molar-refractivity contribution in [3.63, 3.8) is 0 Å². The highest BCUT2D eigenvalue weighted by Crippen LogP contribution is 2.35. The van der Waals surface area contributed by atoms with E-state index in [2.05, 4.69) is 15.5 Å². The highest BCUT2D eigenvalue weighted by atomic mass is 19.1. The maximum atomic E-state index is 13.8. The van der Waals surface area contributed by atoms with Crippen LogP contribution in [0.15, 0.2) is 53.1 Å². The summed E-state index contributed by atoms with van der Waals surface area (Å²) in [7, 11) is 0. The number of anilines is 1. The topological polar surface area (TPSA) is 60.2 Å². The summed E-state index contributed by atoms with van der Waals surface area (Å²) in [6.45, 7) is 0.439. The van der Waals surface area contributed by atoms with Crippen LogP contribution < -0.4 is 10.1 Å². The number of benzene rings is 2. The van der Waals surface area contributed by atoms with E-state index in [4.69, 9.17) is 9.26 Å². The molecule has 4 rings (SSSR count). The lowest BCUT2D eigenvalue weighted by molar-refractivity contribution is 0.260. The first-order chi connectivity index (χ1) is 11.3. The SMILES string of the molecule is Fc1cccc2c1OCC[C@@H]2Nc1noc(-c2ccccc2)n1. The van der Waals surface area contributed by atoms with Gasteiger partial charge in [-0.3, -0.25) is 0 Å². The average Bonchev–Trinajstić information content (AvgIpc) is 3.05. The van der Waals surface area contributed by atoms with E-state index < -0.39 is 0 Å². The molecule has 0 spiro atoms. The van der Waals surface area contributed by atoms with E-state index in [0.717, 1.165) is 11.1 Å². The second-order valence-corrected chi connectivity index (χ2v) is 5.28. The number of hydrogen-bond donors (Lipinski definition) is 1. The third-order valence-corrected chi connectivity index (χ3v) is 3.78. The zero-order valence-corrected chi connectivity index (χ0v) is 12.2. The zero-order chi connectivity index (χ0) is 15.6. The molecule has 0 saturated heterocycles. The van der Waals surface area contributed by atoms with E-state index in [1.54, 1.807) is 6.07 Å². The Balaban J connectivity index is 1.59. The van der Waals surface area contributed by atoms with Crippen LogP contribution in [0.3, 0.4) is 0 Å². The molecule has 1 N–H and O–H groups in total. The van der Waals surface area contributed by atoms with Crippen LogP contribution in [0.25, 0.3) is 11.5 Å². The van der Waals surface area contributed by atoms with Gasteiger partial charge in [0, 0.05) is 17.5 Å². The van der Waals surface area contributed by atoms with Gasteiger partial charge in [-0.05, 0) is 23.4 Å². The van der Waals surface area contributed by atoms with Gasteiger partial charge >= 0.3 is 0 Å². The smallest absolute Gasteiger partial charge is 0.264 e. The number of ether oxygens (including phenoxy) is 1. The molecule has 1 aromatic heterocycles. The van der Waals surface area contributed by atoms with Gasteiger partial charge in [0.1, 0.15) is 0 Å². The molecule has 0 bridgehead atoms. The van der Waals surface area contributed by atoms with Crippen LogP contribution >= 0.6 is 0 Å². The highest BCUT2D eigenvalue weighted by Gasteiger charge is 2.25. The predicted octanol–water partition coefficient (Wildman–Crippen LogP) is 3.81. The minimum absolute atomic E-state index is 0.115. The first-order valence-corrected chi connectivity index (χ1v) is 7.38. The molecule has 0 unspecified atom stereocenters. The molecule has 23 heavy (non-hydrogen) atoms. The number of nitrogens with zero attached hydrogens (tertiary/aromatic N) is 2. The van der Waals surface area contributed by atoms with Crippen LogP contribution in [-0.2, 0) is 0 Å². The van der Waals surface area contributed by atoms with E-state index >= 15 is 0 Å². The van der Waals surface area contributed by atoms with Crippen LogP contribution in [0.5, 0.6) is 5.75 Å². The van der Waals surface area contributed by atoms with E-state index in [1.165, 1.54) is 6.07 Å². The van der Waals surface area contributed by atoms with Crippen LogP contribution in [0.1, 0.15) is 18.0 Å². The van der Waals surface area contributed by atoms with Crippen molar-refractivity contribution in [2.24, 2.45) is 0 Å². The summed E-state index contributed by atoms with van der Waals surface area (Å²) in [6.07, 6.45) is 0.700. The molecule has 1 atom stereocenters. The molecule has 6 heteroatoms. The molecule has 0 fully saturated rings. The molecule has 1 aliphatic rings. The maximum absolute atomic E-state index is 13.8. The van der Waals surface area contributed by atoms with Gasteiger partial charge in [-0.1, -0.05) is 30.3 Å². The molecule has 2 aromatic carbocycles. The van der Waals surface area contributed by atoms with Crippen LogP contribution in [0.2, 0.25) is 0 Å². The fraction of sp³-hybridized carbons (Fsp3) is 0.176. The first kappa shape index (κ1) is 13.8. The number of hydrogen-bond acceptors (Lipinski definition) is 5. The number of rotatable bonds is 3. The van der Waals surface area contributed by atoms with Crippen molar-refractivity contribution in [2.75, 3.05) is 11.9 Å². The minimum atomic E-state index is -0.355. The second kappa shape index (κ2) is 5.72. The Kier molecular flexibility index (Phi) is 3.42. The number of aromatic nitrogens is 2. The lowest BCUT2D eigenvalue weighted by Gasteiger charge is -2.26. The lowest BCUT2D eigenvalue weighted by atomic mass is 10.0. The van der Waals surface area contributed by atoms with Gasteiger partial charge in [-0.25, -0.2) is 4.39 Å². The Labute approximate surface area is 132 Å². The monoisotopic (exact) mass is 311 g/mol. The first-order valence-electron chi connectivity index (χ1n) is 7.38. The van der Waals surface area contributed by atoms with Crippen LogP contribution in [0, 0.1) is 5.82 Å². The summed E-state index contributed by atoms with van der Waals surface area (Å²) in [5.74, 6) is 0.765. The molecular formula is C17H14FN3O2. The van der Waals surface area contributed by atoms with Gasteiger partial charge in [0.05, 0.1) is 12.6 Å². The molecule has 5 nitrogen and oxygen atoms in total. The van der Waals surface area contributed by atoms with Gasteiger partial charge in [0.15, 0.2) is 11.6 Å². The summed E-state index contributed by atoms with van der Waals surface area (Å²) >= 11 is 0. The normalized spacial score (nSPS) is 16.5. The Morgan fingerprint density at radius 1 is 1.09 bits per heavy atom. The Morgan fingerprint density at radius 3 is 2.83 bits per heavy atom. The molecule has 116 valence electrons. The van der Waals surface area contributed by atoms with Crippen LogP contribution in [-0.4, -0.2) is 16.7 Å². The number of halogens is 1. The van der Waals surface area contributed by atoms with Crippen molar-refractivity contribution < 1.29 is 13.7 Å². The van der Waals surface area contributed by atoms with Gasteiger partial charge in [0.2, 0.25) is 0 Å². The summed E-state index contributed by atoms with van der Waals surface area (Å²) in [5, 5.41) is 7.14. The van der Waals surface area contributed by atoms with Crippen molar-refractivity contribution >= 4 is 5.95 Å². The zero-order valence-electron chi connectivity index (χ0n) is 12.2. The van der Waals surface area contributed by atoms with Gasteiger partial charge in [0.25, 0.3) is 11.8 Å². The Morgan fingerprint density at radius 2 is 1.96 bits per heavy atom. The largest absolute Gasteiger partial charge is 0.490 e. The van der Waals surface area contributed by atoms with Crippen molar-refractivity contribution in [3.8, 4) is 17.2 Å². The molecule has 1 aliphatic heterocycles. The summed E-state index contributed by atoms with van der Waals surface area (Å²) in [4.78, 5) is 4.35. The fourth-order valence-electron chi connectivity index (χ4n) is 2.67. The molecule has 0 amide bonds. The van der Waals surface area contributed by atoms with E-state index in [0.29, 0.717) is 30.6 Å². The third-order valence-electron chi connectivity index (χ3n) is 3.78. The molecule has 3 aromatic rings. The highest BCUT2D eigenvalue weighted by molar-refractivity contribution is 5.54. The average molecular weight is 311 g/mol. The Hall–Kier alpha value is -2.89. The Bertz CT molecular complexity index is 820. The molecule has 0 radical (unpaired) electrons. The van der Waals surface area contributed by atoms with Crippen molar-refractivity contribution in [1.29, 1.82) is 0 Å². The van der Waals surface area contributed by atoms with Crippen LogP contribution in [0.4, 0.5) is 10.3 Å². The van der Waals surface area contributed by atoms with E-state index in [9.17, 15) is 4.39 Å². The number of nitrogens with one attached hydrogen (secondary N) is 1. The number of para-hydroxylation sites is 1. The van der Waals surface area contributed by atoms with Crippen molar-refractivity contribution in [1.82, 2.24) is 10.1 Å². The standard InChI is InChI=1S/C17H14FN3O2/c18-13-8-4-7-12-14(9-10-22-15(12)13)19-17-20-16(23-21-17)11-5-2-1-3-6-11/h1-8,14H,9-10H2,(H,19,21)/t14-/m0/s1. The fourth-order valence-corrected chi connectivity index (χ4v) is 2.67. The summed E-state index contributed by atoms with van der Waals surface area (Å²) < 4.78 is 24.5. The molecular weight excluding hydrogens is 297 g/mol. The lowest BCUT2D eigenvalue weighted by Crippen LogP contribution is -2.21. The summed E-state index contributed by atoms with van der Waals surface area (Å²) in [5.41, 5.74) is 1.62. The van der Waals surface area contributed by atoms with Crippen molar-refractivity contribution in [2.45, 2.75) is 12.5 Å². The van der Waals surface area contributed by atoms with Gasteiger partial charge in [-0.15, -0.1) is 0 Å².